The molecule has 98 valence electrons. The number of aromatic nitrogens is 2. The number of hydrogen-bond acceptors (Lipinski definition) is 4. The van der Waals surface area contributed by atoms with Gasteiger partial charge in [0, 0.05) is 24.4 Å². The summed E-state index contributed by atoms with van der Waals surface area (Å²) in [5, 5.41) is 8.61. The van der Waals surface area contributed by atoms with Crippen molar-refractivity contribution in [3.8, 4) is 0 Å². The standard InChI is InChI=1S/C14H17N5/c15-13(16)10-5-7-19(8-6-10)14-11-3-1-2-4-12(11)17-9-18-14/h1-4,9-10H,5-8H2,(H3,15,16). The van der Waals surface area contributed by atoms with Crippen LogP contribution in [0.25, 0.3) is 10.9 Å². The molecule has 19 heavy (non-hydrogen) atoms. The Morgan fingerprint density at radius 3 is 2.68 bits per heavy atom. The van der Waals surface area contributed by atoms with Crippen molar-refractivity contribution in [1.29, 1.82) is 5.41 Å². The maximum absolute atomic E-state index is 7.52. The number of amidine groups is 1. The SMILES string of the molecule is N=C(N)C1CCN(c2ncnc3ccccc23)CC1. The summed E-state index contributed by atoms with van der Waals surface area (Å²) < 4.78 is 0. The predicted octanol–water partition coefficient (Wildman–Crippen LogP) is 1.78. The van der Waals surface area contributed by atoms with Crippen LogP contribution < -0.4 is 10.6 Å². The lowest BCUT2D eigenvalue weighted by molar-refractivity contribution is 0.496. The number of rotatable bonds is 2. The Bertz CT molecular complexity index is 596. The average Bonchev–Trinajstić information content (AvgIpc) is 2.47. The molecule has 1 saturated heterocycles. The highest BCUT2D eigenvalue weighted by molar-refractivity contribution is 5.89. The number of benzene rings is 1. The van der Waals surface area contributed by atoms with E-state index in [1.165, 1.54) is 0 Å². The van der Waals surface area contributed by atoms with Crippen LogP contribution in [0.5, 0.6) is 0 Å². The number of nitrogens with one attached hydrogen (secondary N) is 1. The first-order valence-electron chi connectivity index (χ1n) is 6.54. The molecule has 1 aromatic carbocycles. The Labute approximate surface area is 112 Å². The van der Waals surface area contributed by atoms with Gasteiger partial charge in [0.25, 0.3) is 0 Å². The van der Waals surface area contributed by atoms with Crippen molar-refractivity contribution in [3.05, 3.63) is 30.6 Å². The van der Waals surface area contributed by atoms with Crippen LogP contribution in [-0.2, 0) is 0 Å². The molecular weight excluding hydrogens is 238 g/mol. The van der Waals surface area contributed by atoms with E-state index in [1.807, 2.05) is 18.2 Å². The highest BCUT2D eigenvalue weighted by atomic mass is 15.2. The van der Waals surface area contributed by atoms with Crippen LogP contribution in [0.4, 0.5) is 5.82 Å². The van der Waals surface area contributed by atoms with Gasteiger partial charge in [0.1, 0.15) is 12.1 Å². The molecule has 5 nitrogen and oxygen atoms in total. The van der Waals surface area contributed by atoms with Gasteiger partial charge >= 0.3 is 0 Å². The van der Waals surface area contributed by atoms with Crippen molar-refractivity contribution in [2.45, 2.75) is 12.8 Å². The van der Waals surface area contributed by atoms with Gasteiger partial charge in [-0.3, -0.25) is 5.41 Å². The fourth-order valence-electron chi connectivity index (χ4n) is 2.64. The van der Waals surface area contributed by atoms with E-state index in [9.17, 15) is 0 Å². The fourth-order valence-corrected chi connectivity index (χ4v) is 2.64. The van der Waals surface area contributed by atoms with Crippen LogP contribution >= 0.6 is 0 Å². The molecule has 1 fully saturated rings. The van der Waals surface area contributed by atoms with E-state index in [0.717, 1.165) is 42.7 Å². The second-order valence-corrected chi connectivity index (χ2v) is 4.93. The second kappa shape index (κ2) is 4.84. The van der Waals surface area contributed by atoms with Crippen molar-refractivity contribution < 1.29 is 0 Å². The molecule has 0 spiro atoms. The first-order chi connectivity index (χ1) is 9.25. The highest BCUT2D eigenvalue weighted by Gasteiger charge is 2.23. The van der Waals surface area contributed by atoms with Crippen molar-refractivity contribution in [2.24, 2.45) is 11.7 Å². The van der Waals surface area contributed by atoms with Crippen LogP contribution in [0.15, 0.2) is 30.6 Å². The third-order valence-electron chi connectivity index (χ3n) is 3.76. The number of hydrogen-bond donors (Lipinski definition) is 2. The Hall–Kier alpha value is -2.17. The normalized spacial score (nSPS) is 16.7. The summed E-state index contributed by atoms with van der Waals surface area (Å²) in [6.45, 7) is 1.79. The lowest BCUT2D eigenvalue weighted by Crippen LogP contribution is -2.38. The Balaban J connectivity index is 1.88. The lowest BCUT2D eigenvalue weighted by Gasteiger charge is -2.32. The second-order valence-electron chi connectivity index (χ2n) is 4.93. The van der Waals surface area contributed by atoms with E-state index >= 15 is 0 Å². The van der Waals surface area contributed by atoms with E-state index in [0.29, 0.717) is 5.84 Å². The molecule has 0 radical (unpaired) electrons. The van der Waals surface area contributed by atoms with Crippen LogP contribution in [-0.4, -0.2) is 28.9 Å². The van der Waals surface area contributed by atoms with E-state index < -0.39 is 0 Å². The first kappa shape index (κ1) is 11.9. The molecule has 2 heterocycles. The minimum atomic E-state index is 0.226. The highest BCUT2D eigenvalue weighted by Crippen LogP contribution is 2.26. The molecule has 0 bridgehead atoms. The number of para-hydroxylation sites is 1. The van der Waals surface area contributed by atoms with Crippen molar-refractivity contribution in [2.75, 3.05) is 18.0 Å². The first-order valence-corrected chi connectivity index (χ1v) is 6.54. The molecule has 5 heteroatoms. The quantitative estimate of drug-likeness (QED) is 0.633. The maximum Gasteiger partial charge on any atom is 0.139 e. The molecule has 3 N–H and O–H groups in total. The van der Waals surface area contributed by atoms with Gasteiger partial charge in [0.15, 0.2) is 0 Å². The van der Waals surface area contributed by atoms with Crippen LogP contribution in [0.3, 0.4) is 0 Å². The van der Waals surface area contributed by atoms with Gasteiger partial charge in [-0.1, -0.05) is 12.1 Å². The zero-order valence-corrected chi connectivity index (χ0v) is 10.7. The third-order valence-corrected chi connectivity index (χ3v) is 3.76. The predicted molar refractivity (Wildman–Crippen MR) is 76.4 cm³/mol. The summed E-state index contributed by atoms with van der Waals surface area (Å²) in [6.07, 6.45) is 3.47. The molecule has 0 saturated carbocycles. The van der Waals surface area contributed by atoms with Gasteiger partial charge in [0.2, 0.25) is 0 Å². The summed E-state index contributed by atoms with van der Waals surface area (Å²) >= 11 is 0. The molecule has 3 rings (SSSR count). The molecule has 1 aliphatic heterocycles. The average molecular weight is 255 g/mol. The summed E-state index contributed by atoms with van der Waals surface area (Å²) in [5.74, 6) is 1.53. The van der Waals surface area contributed by atoms with Crippen LogP contribution in [0, 0.1) is 11.3 Å². The van der Waals surface area contributed by atoms with E-state index in [-0.39, 0.29) is 5.92 Å². The van der Waals surface area contributed by atoms with Gasteiger partial charge in [-0.15, -0.1) is 0 Å². The van der Waals surface area contributed by atoms with Crippen LogP contribution in [0.1, 0.15) is 12.8 Å². The minimum Gasteiger partial charge on any atom is -0.387 e. The van der Waals surface area contributed by atoms with Gasteiger partial charge in [0.05, 0.1) is 11.4 Å². The zero-order valence-electron chi connectivity index (χ0n) is 10.7. The number of anilines is 1. The van der Waals surface area contributed by atoms with Crippen LogP contribution in [0.2, 0.25) is 0 Å². The van der Waals surface area contributed by atoms with Crippen molar-refractivity contribution in [3.63, 3.8) is 0 Å². The summed E-state index contributed by atoms with van der Waals surface area (Å²) in [5.41, 5.74) is 6.55. The van der Waals surface area contributed by atoms with E-state index in [1.54, 1.807) is 6.33 Å². The molecule has 0 amide bonds. The fraction of sp³-hybridized carbons (Fsp3) is 0.357. The minimum absolute atomic E-state index is 0.226. The molecule has 1 aromatic heterocycles. The van der Waals surface area contributed by atoms with Gasteiger partial charge < -0.3 is 10.6 Å². The molecule has 0 unspecified atom stereocenters. The van der Waals surface area contributed by atoms with Gasteiger partial charge in [-0.25, -0.2) is 9.97 Å². The van der Waals surface area contributed by atoms with Gasteiger partial charge in [-0.05, 0) is 25.0 Å². The summed E-state index contributed by atoms with van der Waals surface area (Å²) in [6, 6.07) is 8.06. The van der Waals surface area contributed by atoms with E-state index in [4.69, 9.17) is 11.1 Å². The molecular formula is C14H17N5. The number of fused-ring (bicyclic) bond motifs is 1. The Kier molecular flexibility index (Phi) is 3.03. The number of nitrogens with two attached hydrogens (primary N) is 1. The molecule has 1 aliphatic rings. The van der Waals surface area contributed by atoms with Crippen molar-refractivity contribution >= 4 is 22.6 Å². The molecule has 2 aromatic rings. The molecule has 0 atom stereocenters. The lowest BCUT2D eigenvalue weighted by atomic mass is 9.96. The Morgan fingerprint density at radius 1 is 1.21 bits per heavy atom. The van der Waals surface area contributed by atoms with E-state index in [2.05, 4.69) is 20.9 Å². The summed E-state index contributed by atoms with van der Waals surface area (Å²) in [7, 11) is 0. The van der Waals surface area contributed by atoms with Crippen molar-refractivity contribution in [1.82, 2.24) is 9.97 Å². The maximum atomic E-state index is 7.52. The number of piperidine rings is 1. The number of nitrogens with zero attached hydrogens (tertiary/aromatic N) is 3. The largest absolute Gasteiger partial charge is 0.387 e. The zero-order chi connectivity index (χ0) is 13.2. The molecule has 0 aliphatic carbocycles. The smallest absolute Gasteiger partial charge is 0.139 e. The summed E-state index contributed by atoms with van der Waals surface area (Å²) in [4.78, 5) is 11.0. The third kappa shape index (κ3) is 2.23. The monoisotopic (exact) mass is 255 g/mol. The topological polar surface area (TPSA) is 78.9 Å². The Morgan fingerprint density at radius 2 is 1.95 bits per heavy atom. The van der Waals surface area contributed by atoms with Gasteiger partial charge in [-0.2, -0.15) is 0 Å².